The number of amides is 1. The first-order valence-corrected chi connectivity index (χ1v) is 11.3. The first kappa shape index (κ1) is 21.3. The molecule has 1 fully saturated rings. The number of hydrogen-bond acceptors (Lipinski definition) is 6. The van der Waals surface area contributed by atoms with E-state index < -0.39 is 0 Å². The van der Waals surface area contributed by atoms with E-state index in [-0.39, 0.29) is 17.9 Å². The highest BCUT2D eigenvalue weighted by molar-refractivity contribution is 5.95. The molecule has 0 radical (unpaired) electrons. The van der Waals surface area contributed by atoms with E-state index in [1.54, 1.807) is 13.3 Å². The zero-order valence-corrected chi connectivity index (χ0v) is 18.6. The number of hydrogen-bond donors (Lipinski definition) is 3. The van der Waals surface area contributed by atoms with Gasteiger partial charge in [-0.2, -0.15) is 5.10 Å². The number of benzene rings is 2. The van der Waals surface area contributed by atoms with Crippen molar-refractivity contribution in [1.82, 2.24) is 15.5 Å². The van der Waals surface area contributed by atoms with Crippen molar-refractivity contribution < 1.29 is 19.0 Å². The maximum absolute atomic E-state index is 13.2. The van der Waals surface area contributed by atoms with Gasteiger partial charge in [0.1, 0.15) is 30.0 Å². The van der Waals surface area contributed by atoms with Gasteiger partial charge >= 0.3 is 0 Å². The van der Waals surface area contributed by atoms with Gasteiger partial charge in [0, 0.05) is 11.8 Å². The van der Waals surface area contributed by atoms with E-state index in [0.29, 0.717) is 24.5 Å². The van der Waals surface area contributed by atoms with E-state index in [4.69, 9.17) is 14.2 Å². The molecule has 0 saturated carbocycles. The van der Waals surface area contributed by atoms with Gasteiger partial charge in [0.25, 0.3) is 0 Å². The van der Waals surface area contributed by atoms with Crippen LogP contribution >= 0.6 is 0 Å². The first-order valence-electron chi connectivity index (χ1n) is 11.3. The Balaban J connectivity index is 1.35. The molecule has 3 heterocycles. The van der Waals surface area contributed by atoms with Gasteiger partial charge in [-0.3, -0.25) is 9.89 Å². The molecule has 2 aromatic carbocycles. The normalized spacial score (nSPS) is 18.2. The quantitative estimate of drug-likeness (QED) is 0.535. The Morgan fingerprint density at radius 1 is 1.15 bits per heavy atom. The van der Waals surface area contributed by atoms with E-state index in [2.05, 4.69) is 20.8 Å². The zero-order chi connectivity index (χ0) is 22.6. The summed E-state index contributed by atoms with van der Waals surface area (Å²) < 4.78 is 17.5. The average Bonchev–Trinajstić information content (AvgIpc) is 3.40. The molecule has 3 N–H and O–H groups in total. The Morgan fingerprint density at radius 2 is 2.03 bits per heavy atom. The molecule has 0 unspecified atom stereocenters. The second-order valence-electron chi connectivity index (χ2n) is 8.44. The summed E-state index contributed by atoms with van der Waals surface area (Å²) in [6.45, 7) is 2.19. The molecular formula is C25H28N4O4. The zero-order valence-electron chi connectivity index (χ0n) is 18.6. The SMILES string of the molecule is COc1ccc2c(c1)C[C@H](C(=O)Nc1ccc(-c3cn[nH]c3)cc1OC1CCNCC1)CO2. The van der Waals surface area contributed by atoms with Crippen LogP contribution in [0.15, 0.2) is 48.8 Å². The Morgan fingerprint density at radius 3 is 2.82 bits per heavy atom. The third-order valence-electron chi connectivity index (χ3n) is 6.20. The number of methoxy groups -OCH3 is 1. The van der Waals surface area contributed by atoms with Crippen molar-refractivity contribution in [3.63, 3.8) is 0 Å². The van der Waals surface area contributed by atoms with Crippen LogP contribution in [-0.4, -0.2) is 49.0 Å². The fraction of sp³-hybridized carbons (Fsp3) is 0.360. The number of piperidine rings is 1. The van der Waals surface area contributed by atoms with Gasteiger partial charge in [-0.25, -0.2) is 0 Å². The predicted octanol–water partition coefficient (Wildman–Crippen LogP) is 3.41. The van der Waals surface area contributed by atoms with Crippen LogP contribution in [-0.2, 0) is 11.2 Å². The van der Waals surface area contributed by atoms with E-state index >= 15 is 0 Å². The molecule has 0 spiro atoms. The van der Waals surface area contributed by atoms with Crippen LogP contribution < -0.4 is 24.8 Å². The Labute approximate surface area is 192 Å². The van der Waals surface area contributed by atoms with Crippen LogP contribution in [0.25, 0.3) is 11.1 Å². The largest absolute Gasteiger partial charge is 0.497 e. The number of aromatic amines is 1. The minimum atomic E-state index is -0.301. The molecule has 0 bridgehead atoms. The fourth-order valence-electron chi connectivity index (χ4n) is 4.31. The van der Waals surface area contributed by atoms with Crippen LogP contribution in [0.4, 0.5) is 5.69 Å². The molecule has 8 heteroatoms. The molecule has 8 nitrogen and oxygen atoms in total. The van der Waals surface area contributed by atoms with Crippen LogP contribution in [0.5, 0.6) is 17.2 Å². The summed E-state index contributed by atoms with van der Waals surface area (Å²) in [7, 11) is 1.63. The van der Waals surface area contributed by atoms with Crippen LogP contribution in [0.1, 0.15) is 18.4 Å². The predicted molar refractivity (Wildman–Crippen MR) is 125 cm³/mol. The molecule has 1 atom stereocenters. The van der Waals surface area contributed by atoms with Gasteiger partial charge in [0.05, 0.1) is 24.9 Å². The highest BCUT2D eigenvalue weighted by Gasteiger charge is 2.27. The van der Waals surface area contributed by atoms with E-state index in [1.165, 1.54) is 0 Å². The summed E-state index contributed by atoms with van der Waals surface area (Å²) in [4.78, 5) is 13.2. The summed E-state index contributed by atoms with van der Waals surface area (Å²) in [5.74, 6) is 1.84. The summed E-state index contributed by atoms with van der Waals surface area (Å²) in [5, 5.41) is 13.3. The van der Waals surface area contributed by atoms with Crippen molar-refractivity contribution >= 4 is 11.6 Å². The van der Waals surface area contributed by atoms with Gasteiger partial charge < -0.3 is 24.8 Å². The topological polar surface area (TPSA) is 97.5 Å². The van der Waals surface area contributed by atoms with Gasteiger partial charge in [-0.1, -0.05) is 6.07 Å². The highest BCUT2D eigenvalue weighted by Crippen LogP contribution is 2.34. The van der Waals surface area contributed by atoms with Crippen molar-refractivity contribution in [3.05, 3.63) is 54.4 Å². The molecule has 2 aliphatic heterocycles. The van der Waals surface area contributed by atoms with Crippen molar-refractivity contribution in [1.29, 1.82) is 0 Å². The Bertz CT molecular complexity index is 1110. The molecule has 2 aliphatic rings. The lowest BCUT2D eigenvalue weighted by Gasteiger charge is -2.27. The maximum Gasteiger partial charge on any atom is 0.231 e. The third kappa shape index (κ3) is 4.80. The molecule has 1 aromatic heterocycles. The molecular weight excluding hydrogens is 420 g/mol. The second-order valence-corrected chi connectivity index (χ2v) is 8.44. The number of aromatic nitrogens is 2. The van der Waals surface area contributed by atoms with Crippen molar-refractivity contribution in [2.45, 2.75) is 25.4 Å². The number of fused-ring (bicyclic) bond motifs is 1. The molecule has 172 valence electrons. The average molecular weight is 449 g/mol. The lowest BCUT2D eigenvalue weighted by molar-refractivity contribution is -0.121. The number of anilines is 1. The lowest BCUT2D eigenvalue weighted by atomic mass is 9.95. The Kier molecular flexibility index (Phi) is 6.17. The van der Waals surface area contributed by atoms with Crippen LogP contribution in [0.3, 0.4) is 0 Å². The van der Waals surface area contributed by atoms with E-state index in [9.17, 15) is 4.79 Å². The molecule has 0 aliphatic carbocycles. The van der Waals surface area contributed by atoms with Crippen molar-refractivity contribution in [3.8, 4) is 28.4 Å². The Hall–Kier alpha value is -3.52. The second kappa shape index (κ2) is 9.54. The van der Waals surface area contributed by atoms with E-state index in [1.807, 2.05) is 42.6 Å². The number of carbonyl (C=O) groups is 1. The van der Waals surface area contributed by atoms with Gasteiger partial charge in [0.15, 0.2) is 0 Å². The van der Waals surface area contributed by atoms with Gasteiger partial charge in [-0.05, 0) is 73.8 Å². The summed E-state index contributed by atoms with van der Waals surface area (Å²) in [5.41, 5.74) is 3.59. The number of carbonyl (C=O) groups excluding carboxylic acids is 1. The smallest absolute Gasteiger partial charge is 0.231 e. The van der Waals surface area contributed by atoms with Crippen LogP contribution in [0.2, 0.25) is 0 Å². The minimum absolute atomic E-state index is 0.0882. The summed E-state index contributed by atoms with van der Waals surface area (Å²) >= 11 is 0. The summed E-state index contributed by atoms with van der Waals surface area (Å²) in [6, 6.07) is 11.5. The van der Waals surface area contributed by atoms with Crippen molar-refractivity contribution in [2.24, 2.45) is 5.92 Å². The number of rotatable bonds is 6. The number of nitrogens with one attached hydrogen (secondary N) is 3. The standard InChI is InChI=1S/C25H28N4O4/c1-31-21-3-5-23-17(11-21)10-18(15-32-23)25(30)29-22-4-2-16(19-13-27-28-14-19)12-24(22)33-20-6-8-26-9-7-20/h2-5,11-14,18,20,26H,6-10,15H2,1H3,(H,27,28)(H,29,30)/t18-/m0/s1. The highest BCUT2D eigenvalue weighted by atomic mass is 16.5. The molecule has 1 saturated heterocycles. The third-order valence-corrected chi connectivity index (χ3v) is 6.20. The van der Waals surface area contributed by atoms with Gasteiger partial charge in [0.2, 0.25) is 5.91 Å². The first-order chi connectivity index (χ1) is 16.2. The van der Waals surface area contributed by atoms with Crippen LogP contribution in [0, 0.1) is 5.92 Å². The summed E-state index contributed by atoms with van der Waals surface area (Å²) in [6.07, 6.45) is 6.17. The molecule has 33 heavy (non-hydrogen) atoms. The molecule has 5 rings (SSSR count). The maximum atomic E-state index is 13.2. The number of H-pyrrole nitrogens is 1. The monoisotopic (exact) mass is 448 g/mol. The minimum Gasteiger partial charge on any atom is -0.497 e. The van der Waals surface area contributed by atoms with Gasteiger partial charge in [-0.15, -0.1) is 0 Å². The molecule has 1 amide bonds. The van der Waals surface area contributed by atoms with E-state index in [0.717, 1.165) is 54.1 Å². The van der Waals surface area contributed by atoms with Crippen molar-refractivity contribution in [2.75, 3.05) is 32.1 Å². The molecule has 3 aromatic rings. The fourth-order valence-corrected chi connectivity index (χ4v) is 4.31. The number of nitrogens with zero attached hydrogens (tertiary/aromatic N) is 1. The number of ether oxygens (including phenoxy) is 3. The lowest BCUT2D eigenvalue weighted by Crippen LogP contribution is -2.35.